The van der Waals surface area contributed by atoms with E-state index in [0.717, 1.165) is 10.6 Å². The first-order chi connectivity index (χ1) is 16.9. The monoisotopic (exact) mass is 498 g/mol. The Bertz CT molecular complexity index is 775. The Labute approximate surface area is 203 Å². The number of hydrogen-bond acceptors (Lipinski definition) is 10. The van der Waals surface area contributed by atoms with Crippen LogP contribution in [0, 0.1) is 4.91 Å². The Balaban J connectivity index is 1.63. The van der Waals surface area contributed by atoms with Gasteiger partial charge in [-0.25, -0.2) is 4.79 Å². The molecule has 1 aromatic carbocycles. The molecule has 0 unspecified atom stereocenters. The summed E-state index contributed by atoms with van der Waals surface area (Å²) in [6.45, 7) is 1.54. The molecule has 1 aromatic rings. The Hall–Kier alpha value is -3.00. The predicted octanol–water partition coefficient (Wildman–Crippen LogP) is -0.719. The zero-order valence-corrected chi connectivity index (χ0v) is 19.6. The fraction of sp³-hybridized carbons (Fsp3) is 0.636. The van der Waals surface area contributed by atoms with E-state index >= 15 is 0 Å². The van der Waals surface area contributed by atoms with Crippen LogP contribution in [0.4, 0.5) is 4.79 Å². The third-order valence-corrected chi connectivity index (χ3v) is 5.11. The number of urea groups is 1. The Kier molecular flexibility index (Phi) is 12.8. The summed E-state index contributed by atoms with van der Waals surface area (Å²) in [5, 5.41) is 34.8. The topological polar surface area (TPSA) is 170 Å². The number of aliphatic hydroxyl groups is 3. The SMILES string of the molecule is O=NN(CCNC(=O)N1CCOCC1)C[C@H](O)COc1ccc(CCC(=O)OC[C@@H](O)CO)cc1. The van der Waals surface area contributed by atoms with E-state index in [-0.39, 0.29) is 45.3 Å². The smallest absolute Gasteiger partial charge is 0.317 e. The maximum Gasteiger partial charge on any atom is 0.317 e. The number of morpholine rings is 1. The van der Waals surface area contributed by atoms with Crippen molar-refractivity contribution in [3.05, 3.63) is 34.7 Å². The van der Waals surface area contributed by atoms with Crippen molar-refractivity contribution in [1.29, 1.82) is 0 Å². The summed E-state index contributed by atoms with van der Waals surface area (Å²) < 4.78 is 15.6. The largest absolute Gasteiger partial charge is 0.491 e. The molecule has 2 rings (SSSR count). The van der Waals surface area contributed by atoms with Gasteiger partial charge in [0.25, 0.3) is 0 Å². The number of esters is 1. The van der Waals surface area contributed by atoms with E-state index in [1.54, 1.807) is 29.2 Å². The van der Waals surface area contributed by atoms with Crippen LogP contribution in [0.25, 0.3) is 0 Å². The lowest BCUT2D eigenvalue weighted by atomic mass is 10.1. The standard InChI is InChI=1S/C22H34N4O9/c27-14-19(29)16-35-21(30)6-3-17-1-4-20(5-2-17)34-15-18(28)13-26(24-32)8-7-23-22(31)25-9-11-33-12-10-25/h1-2,4-5,18-19,27-29H,3,6-16H2,(H,23,31)/t18-,19-/m0/s1. The average molecular weight is 499 g/mol. The minimum atomic E-state index is -1.08. The van der Waals surface area contributed by atoms with E-state index in [1.807, 2.05) is 0 Å². The van der Waals surface area contributed by atoms with Gasteiger partial charge in [-0.1, -0.05) is 12.1 Å². The summed E-state index contributed by atoms with van der Waals surface area (Å²) in [5.41, 5.74) is 0.869. The summed E-state index contributed by atoms with van der Waals surface area (Å²) in [6, 6.07) is 6.70. The molecule has 1 saturated heterocycles. The molecule has 0 spiro atoms. The maximum absolute atomic E-state index is 12.0. The zero-order chi connectivity index (χ0) is 25.5. The maximum atomic E-state index is 12.0. The van der Waals surface area contributed by atoms with Gasteiger partial charge in [-0.15, -0.1) is 4.91 Å². The molecule has 4 N–H and O–H groups in total. The summed E-state index contributed by atoms with van der Waals surface area (Å²) in [4.78, 5) is 36.4. The highest BCUT2D eigenvalue weighted by atomic mass is 16.5. The number of benzene rings is 1. The molecule has 13 nitrogen and oxygen atoms in total. The van der Waals surface area contributed by atoms with Crippen molar-refractivity contribution < 1.29 is 39.1 Å². The van der Waals surface area contributed by atoms with Gasteiger partial charge in [-0.2, -0.15) is 0 Å². The first-order valence-electron chi connectivity index (χ1n) is 11.4. The van der Waals surface area contributed by atoms with Crippen LogP contribution in [0.1, 0.15) is 12.0 Å². The fourth-order valence-electron chi connectivity index (χ4n) is 3.14. The van der Waals surface area contributed by atoms with Gasteiger partial charge in [0.2, 0.25) is 0 Å². The fourth-order valence-corrected chi connectivity index (χ4v) is 3.14. The lowest BCUT2D eigenvalue weighted by Crippen LogP contribution is -2.47. The molecule has 196 valence electrons. The number of aliphatic hydroxyl groups excluding tert-OH is 3. The van der Waals surface area contributed by atoms with Gasteiger partial charge in [-0.05, 0) is 24.1 Å². The third-order valence-electron chi connectivity index (χ3n) is 5.11. The predicted molar refractivity (Wildman–Crippen MR) is 123 cm³/mol. The van der Waals surface area contributed by atoms with Crippen LogP contribution in [-0.4, -0.2) is 115 Å². The van der Waals surface area contributed by atoms with E-state index in [2.05, 4.69) is 10.6 Å². The summed E-state index contributed by atoms with van der Waals surface area (Å²) >= 11 is 0. The lowest BCUT2D eigenvalue weighted by Gasteiger charge is -2.27. The van der Waals surface area contributed by atoms with E-state index in [1.165, 1.54) is 0 Å². The molecule has 2 atom stereocenters. The van der Waals surface area contributed by atoms with E-state index < -0.39 is 24.8 Å². The van der Waals surface area contributed by atoms with Crippen molar-refractivity contribution in [3.8, 4) is 5.75 Å². The minimum Gasteiger partial charge on any atom is -0.491 e. The van der Waals surface area contributed by atoms with Gasteiger partial charge < -0.3 is 39.7 Å². The van der Waals surface area contributed by atoms with Gasteiger partial charge in [0, 0.05) is 26.1 Å². The summed E-state index contributed by atoms with van der Waals surface area (Å²) in [7, 11) is 0. The van der Waals surface area contributed by atoms with Crippen molar-refractivity contribution in [2.24, 2.45) is 5.29 Å². The quantitative estimate of drug-likeness (QED) is 0.137. The molecule has 0 radical (unpaired) electrons. The molecular formula is C22H34N4O9. The molecule has 1 fully saturated rings. The highest BCUT2D eigenvalue weighted by Gasteiger charge is 2.17. The average Bonchev–Trinajstić information content (AvgIpc) is 2.89. The second-order valence-corrected chi connectivity index (χ2v) is 7.95. The highest BCUT2D eigenvalue weighted by molar-refractivity contribution is 5.74. The Morgan fingerprint density at radius 1 is 1.14 bits per heavy atom. The minimum absolute atomic E-state index is 0.0535. The molecule has 1 aliphatic heterocycles. The number of ether oxygens (including phenoxy) is 3. The number of amides is 2. The first kappa shape index (κ1) is 28.2. The van der Waals surface area contributed by atoms with Crippen molar-refractivity contribution in [3.63, 3.8) is 0 Å². The third kappa shape index (κ3) is 11.3. The van der Waals surface area contributed by atoms with Crippen molar-refractivity contribution in [2.75, 3.05) is 65.8 Å². The normalized spacial score (nSPS) is 15.1. The van der Waals surface area contributed by atoms with Gasteiger partial charge in [0.15, 0.2) is 0 Å². The highest BCUT2D eigenvalue weighted by Crippen LogP contribution is 2.14. The molecule has 0 bridgehead atoms. The number of carbonyl (C=O) groups is 2. The first-order valence-corrected chi connectivity index (χ1v) is 11.4. The van der Waals surface area contributed by atoms with Crippen molar-refractivity contribution in [1.82, 2.24) is 15.2 Å². The second-order valence-electron chi connectivity index (χ2n) is 7.95. The molecule has 0 aliphatic carbocycles. The molecule has 0 aromatic heterocycles. The number of nitrogens with zero attached hydrogens (tertiary/aromatic N) is 3. The molecular weight excluding hydrogens is 464 g/mol. The Morgan fingerprint density at radius 3 is 2.51 bits per heavy atom. The van der Waals surface area contributed by atoms with Crippen LogP contribution < -0.4 is 10.1 Å². The number of rotatable bonds is 15. The zero-order valence-electron chi connectivity index (χ0n) is 19.6. The Morgan fingerprint density at radius 2 is 1.86 bits per heavy atom. The number of nitroso groups, excluding NO2 is 1. The van der Waals surface area contributed by atoms with Crippen LogP contribution >= 0.6 is 0 Å². The van der Waals surface area contributed by atoms with Crippen LogP contribution in [0.5, 0.6) is 5.75 Å². The van der Waals surface area contributed by atoms with E-state index in [4.69, 9.17) is 19.3 Å². The lowest BCUT2D eigenvalue weighted by molar-refractivity contribution is -0.147. The van der Waals surface area contributed by atoms with Crippen LogP contribution in [-0.2, 0) is 20.7 Å². The molecule has 1 heterocycles. The van der Waals surface area contributed by atoms with Gasteiger partial charge in [0.05, 0.1) is 38.2 Å². The van der Waals surface area contributed by atoms with Crippen LogP contribution in [0.3, 0.4) is 0 Å². The summed E-state index contributed by atoms with van der Waals surface area (Å²) in [5.74, 6) is 0.0276. The van der Waals surface area contributed by atoms with Crippen molar-refractivity contribution in [2.45, 2.75) is 25.0 Å². The molecule has 1 aliphatic rings. The number of aryl methyl sites for hydroxylation is 1. The van der Waals surface area contributed by atoms with E-state index in [0.29, 0.717) is 38.5 Å². The molecule has 2 amide bonds. The molecule has 35 heavy (non-hydrogen) atoms. The van der Waals surface area contributed by atoms with E-state index in [9.17, 15) is 24.7 Å². The molecule has 0 saturated carbocycles. The van der Waals surface area contributed by atoms with Gasteiger partial charge >= 0.3 is 12.0 Å². The van der Waals surface area contributed by atoms with Crippen molar-refractivity contribution >= 4 is 12.0 Å². The van der Waals surface area contributed by atoms with Gasteiger partial charge in [-0.3, -0.25) is 9.80 Å². The number of carbonyl (C=O) groups excluding carboxylic acids is 2. The summed E-state index contributed by atoms with van der Waals surface area (Å²) in [6.07, 6.45) is -1.51. The van der Waals surface area contributed by atoms with Gasteiger partial charge in [0.1, 0.15) is 31.2 Å². The second kappa shape index (κ2) is 15.8. The number of hydrogen-bond donors (Lipinski definition) is 4. The molecule has 13 heteroatoms. The van der Waals surface area contributed by atoms with Crippen LogP contribution in [0.2, 0.25) is 0 Å². The van der Waals surface area contributed by atoms with Crippen LogP contribution in [0.15, 0.2) is 29.6 Å². The number of nitrogens with one attached hydrogen (secondary N) is 1.